The molecule has 0 aromatic rings. The van der Waals surface area contributed by atoms with Crippen LogP contribution in [0.25, 0.3) is 0 Å². The summed E-state index contributed by atoms with van der Waals surface area (Å²) in [6, 6.07) is 0. The molecule has 0 amide bonds. The van der Waals surface area contributed by atoms with Crippen molar-refractivity contribution < 1.29 is 0 Å². The van der Waals surface area contributed by atoms with Crippen molar-refractivity contribution in [3.8, 4) is 0 Å². The fraction of sp³-hybridized carbons (Fsp3) is 1.00. The van der Waals surface area contributed by atoms with Crippen molar-refractivity contribution in [1.82, 2.24) is 5.32 Å². The average Bonchev–Trinajstić information content (AvgIpc) is 2.22. The highest BCUT2D eigenvalue weighted by atomic mass is 14.8. The molecule has 0 atom stereocenters. The third kappa shape index (κ3) is 8.52. The molecule has 3 N–H and O–H groups in total. The molecule has 0 fully saturated rings. The van der Waals surface area contributed by atoms with Gasteiger partial charge in [0.25, 0.3) is 0 Å². The van der Waals surface area contributed by atoms with Gasteiger partial charge in [-0.1, -0.05) is 39.5 Å². The van der Waals surface area contributed by atoms with E-state index in [1.165, 1.54) is 51.6 Å². The van der Waals surface area contributed by atoms with Gasteiger partial charge in [-0.25, -0.2) is 0 Å². The Balaban J connectivity index is 3.04. The van der Waals surface area contributed by atoms with E-state index in [9.17, 15) is 0 Å². The summed E-state index contributed by atoms with van der Waals surface area (Å²) < 4.78 is 0. The van der Waals surface area contributed by atoms with Crippen molar-refractivity contribution in [3.63, 3.8) is 0 Å². The van der Waals surface area contributed by atoms with Gasteiger partial charge in [0.1, 0.15) is 0 Å². The van der Waals surface area contributed by atoms with Gasteiger partial charge in [-0.15, -0.1) is 0 Å². The van der Waals surface area contributed by atoms with Crippen molar-refractivity contribution in [2.24, 2.45) is 11.7 Å². The van der Waals surface area contributed by atoms with Crippen LogP contribution >= 0.6 is 0 Å². The Hall–Kier alpha value is -0.0800. The van der Waals surface area contributed by atoms with Crippen LogP contribution in [0.5, 0.6) is 0 Å². The van der Waals surface area contributed by atoms with Crippen LogP contribution in [0.1, 0.15) is 52.4 Å². The third-order valence-electron chi connectivity index (χ3n) is 2.90. The first-order valence-corrected chi connectivity index (χ1v) is 6.25. The van der Waals surface area contributed by atoms with E-state index in [1.54, 1.807) is 0 Å². The lowest BCUT2D eigenvalue weighted by Gasteiger charge is -2.12. The fourth-order valence-corrected chi connectivity index (χ4v) is 1.63. The molecule has 0 saturated heterocycles. The molecule has 0 heterocycles. The summed E-state index contributed by atoms with van der Waals surface area (Å²) in [5.41, 5.74) is 5.43. The summed E-state index contributed by atoms with van der Waals surface area (Å²) in [6.07, 6.45) is 7.72. The zero-order valence-corrected chi connectivity index (χ0v) is 10.0. The smallest absolute Gasteiger partial charge is 0.00207 e. The van der Waals surface area contributed by atoms with Gasteiger partial charge in [0.15, 0.2) is 0 Å². The largest absolute Gasteiger partial charge is 0.330 e. The number of unbranched alkanes of at least 4 members (excludes halogenated alkanes) is 3. The number of hydrogen-bond acceptors (Lipinski definition) is 2. The summed E-state index contributed by atoms with van der Waals surface area (Å²) in [7, 11) is 0. The van der Waals surface area contributed by atoms with Gasteiger partial charge < -0.3 is 11.1 Å². The Bertz CT molecular complexity index is 100. The predicted molar refractivity (Wildman–Crippen MR) is 64.5 cm³/mol. The van der Waals surface area contributed by atoms with Gasteiger partial charge in [0, 0.05) is 0 Å². The van der Waals surface area contributed by atoms with E-state index in [0.717, 1.165) is 12.5 Å². The van der Waals surface area contributed by atoms with Crippen LogP contribution in [0.3, 0.4) is 0 Å². The molecule has 0 saturated carbocycles. The molecule has 14 heavy (non-hydrogen) atoms. The molecule has 0 bridgehead atoms. The standard InChI is InChI=1S/C12H28N2/c1-3-12(4-2)11-14-10-8-6-5-7-9-13/h12,14H,3-11,13H2,1-2H3. The average molecular weight is 200 g/mol. The maximum Gasteiger partial charge on any atom is -0.00207 e. The molecule has 0 aliphatic carbocycles. The first-order chi connectivity index (χ1) is 6.85. The summed E-state index contributed by atoms with van der Waals surface area (Å²) in [6.45, 7) is 7.78. The molecular formula is C12H28N2. The van der Waals surface area contributed by atoms with E-state index in [4.69, 9.17) is 5.73 Å². The lowest BCUT2D eigenvalue weighted by molar-refractivity contribution is 0.444. The van der Waals surface area contributed by atoms with E-state index in [0.29, 0.717) is 0 Å². The predicted octanol–water partition coefficient (Wildman–Crippen LogP) is 2.53. The first-order valence-electron chi connectivity index (χ1n) is 6.25. The number of rotatable bonds is 10. The Labute approximate surface area is 89.6 Å². The minimum absolute atomic E-state index is 0.848. The van der Waals surface area contributed by atoms with Crippen LogP contribution in [-0.4, -0.2) is 19.6 Å². The molecule has 0 aliphatic heterocycles. The molecule has 0 aromatic carbocycles. The van der Waals surface area contributed by atoms with Gasteiger partial charge in [0.2, 0.25) is 0 Å². The summed E-state index contributed by atoms with van der Waals surface area (Å²) in [5, 5.41) is 3.53. The minimum Gasteiger partial charge on any atom is -0.330 e. The van der Waals surface area contributed by atoms with Gasteiger partial charge >= 0.3 is 0 Å². The zero-order valence-electron chi connectivity index (χ0n) is 10.0. The maximum atomic E-state index is 5.43. The van der Waals surface area contributed by atoms with Crippen LogP contribution in [0.2, 0.25) is 0 Å². The highest BCUT2D eigenvalue weighted by Gasteiger charge is 2.01. The molecule has 0 aliphatic rings. The van der Waals surface area contributed by atoms with E-state index in [-0.39, 0.29) is 0 Å². The van der Waals surface area contributed by atoms with Crippen LogP contribution in [0, 0.1) is 5.92 Å². The molecule has 2 nitrogen and oxygen atoms in total. The van der Waals surface area contributed by atoms with E-state index < -0.39 is 0 Å². The van der Waals surface area contributed by atoms with Crippen molar-refractivity contribution in [1.29, 1.82) is 0 Å². The summed E-state index contributed by atoms with van der Waals surface area (Å²) >= 11 is 0. The Morgan fingerprint density at radius 2 is 1.64 bits per heavy atom. The second-order valence-electron chi connectivity index (χ2n) is 4.09. The quantitative estimate of drug-likeness (QED) is 0.532. The van der Waals surface area contributed by atoms with Crippen LogP contribution in [-0.2, 0) is 0 Å². The van der Waals surface area contributed by atoms with Crippen LogP contribution < -0.4 is 11.1 Å². The van der Waals surface area contributed by atoms with Crippen molar-refractivity contribution in [2.75, 3.05) is 19.6 Å². The van der Waals surface area contributed by atoms with Crippen molar-refractivity contribution in [3.05, 3.63) is 0 Å². The van der Waals surface area contributed by atoms with Gasteiger partial charge in [0.05, 0.1) is 0 Å². The minimum atomic E-state index is 0.848. The van der Waals surface area contributed by atoms with E-state index in [1.807, 2.05) is 0 Å². The molecule has 2 heteroatoms. The van der Waals surface area contributed by atoms with Gasteiger partial charge in [-0.3, -0.25) is 0 Å². The highest BCUT2D eigenvalue weighted by Crippen LogP contribution is 2.05. The number of nitrogens with two attached hydrogens (primary N) is 1. The van der Waals surface area contributed by atoms with Crippen LogP contribution in [0.4, 0.5) is 0 Å². The molecular weight excluding hydrogens is 172 g/mol. The van der Waals surface area contributed by atoms with Crippen molar-refractivity contribution in [2.45, 2.75) is 52.4 Å². The SMILES string of the molecule is CCC(CC)CNCCCCCCN. The second kappa shape index (κ2) is 11.0. The molecule has 86 valence electrons. The first kappa shape index (κ1) is 13.9. The highest BCUT2D eigenvalue weighted by molar-refractivity contribution is 4.58. The molecule has 0 unspecified atom stereocenters. The molecule has 0 spiro atoms. The molecule has 0 rings (SSSR count). The second-order valence-corrected chi connectivity index (χ2v) is 4.09. The number of hydrogen-bond donors (Lipinski definition) is 2. The topological polar surface area (TPSA) is 38.0 Å². The molecule has 0 aromatic heterocycles. The van der Waals surface area contributed by atoms with Gasteiger partial charge in [-0.05, 0) is 38.4 Å². The van der Waals surface area contributed by atoms with E-state index >= 15 is 0 Å². The third-order valence-corrected chi connectivity index (χ3v) is 2.90. The lowest BCUT2D eigenvalue weighted by atomic mass is 10.0. The Kier molecular flexibility index (Phi) is 10.9. The Morgan fingerprint density at radius 3 is 2.21 bits per heavy atom. The monoisotopic (exact) mass is 200 g/mol. The van der Waals surface area contributed by atoms with Crippen molar-refractivity contribution >= 4 is 0 Å². The molecule has 0 radical (unpaired) electrons. The lowest BCUT2D eigenvalue weighted by Crippen LogP contribution is -2.23. The van der Waals surface area contributed by atoms with Gasteiger partial charge in [-0.2, -0.15) is 0 Å². The van der Waals surface area contributed by atoms with Crippen LogP contribution in [0.15, 0.2) is 0 Å². The Morgan fingerprint density at radius 1 is 1.00 bits per heavy atom. The summed E-state index contributed by atoms with van der Waals surface area (Å²) in [5.74, 6) is 0.874. The normalized spacial score (nSPS) is 11.1. The maximum absolute atomic E-state index is 5.43. The fourth-order valence-electron chi connectivity index (χ4n) is 1.63. The number of nitrogens with one attached hydrogen (secondary N) is 1. The summed E-state index contributed by atoms with van der Waals surface area (Å²) in [4.78, 5) is 0. The zero-order chi connectivity index (χ0) is 10.6. The van der Waals surface area contributed by atoms with E-state index in [2.05, 4.69) is 19.2 Å².